The molecule has 1 heterocycles. The molecule has 144 valence electrons. The quantitative estimate of drug-likeness (QED) is 0.808. The summed E-state index contributed by atoms with van der Waals surface area (Å²) in [5.74, 6) is -0.829. The lowest BCUT2D eigenvalue weighted by molar-refractivity contribution is 0.0984. The number of halogens is 1. The topological polar surface area (TPSA) is 57.7 Å². The molecule has 0 aliphatic carbocycles. The number of carbonyl (C=O) groups excluding carboxylic acids is 1. The normalized spacial score (nSPS) is 14.4. The van der Waals surface area contributed by atoms with E-state index in [0.29, 0.717) is 29.8 Å². The smallest absolute Gasteiger partial charge is 0.258 e. The molecule has 5 nitrogen and oxygen atoms in total. The van der Waals surface area contributed by atoms with Crippen molar-refractivity contribution < 1.29 is 17.6 Å². The van der Waals surface area contributed by atoms with E-state index in [1.165, 1.54) is 31.1 Å². The zero-order chi connectivity index (χ0) is 19.9. The summed E-state index contributed by atoms with van der Waals surface area (Å²) < 4.78 is 40.8. The molecular weight excluding hydrogens is 367 g/mol. The minimum atomic E-state index is -3.70. The van der Waals surface area contributed by atoms with E-state index in [9.17, 15) is 17.6 Å². The van der Waals surface area contributed by atoms with Crippen molar-refractivity contribution in [3.8, 4) is 0 Å². The van der Waals surface area contributed by atoms with Gasteiger partial charge in [-0.1, -0.05) is 12.1 Å². The SMILES string of the molecule is Cc1cc(C(=O)N2CCCc3cccc(F)c32)cc(S(=O)(=O)N(C)C)c1C. The Labute approximate surface area is 159 Å². The zero-order valence-corrected chi connectivity index (χ0v) is 16.7. The zero-order valence-electron chi connectivity index (χ0n) is 15.9. The highest BCUT2D eigenvalue weighted by Gasteiger charge is 2.29. The molecule has 0 radical (unpaired) electrons. The van der Waals surface area contributed by atoms with Crippen LogP contribution in [0.5, 0.6) is 0 Å². The van der Waals surface area contributed by atoms with Gasteiger partial charge in [-0.25, -0.2) is 17.1 Å². The Bertz CT molecular complexity index is 1020. The van der Waals surface area contributed by atoms with Gasteiger partial charge < -0.3 is 4.90 Å². The second-order valence-corrected chi connectivity index (χ2v) is 9.13. The Morgan fingerprint density at radius 2 is 1.89 bits per heavy atom. The van der Waals surface area contributed by atoms with Gasteiger partial charge in [-0.2, -0.15) is 0 Å². The fourth-order valence-corrected chi connectivity index (χ4v) is 4.59. The highest BCUT2D eigenvalue weighted by Crippen LogP contribution is 2.32. The summed E-state index contributed by atoms with van der Waals surface area (Å²) in [5.41, 5.74) is 2.63. The van der Waals surface area contributed by atoms with Gasteiger partial charge >= 0.3 is 0 Å². The second-order valence-electron chi connectivity index (χ2n) is 7.01. The third-order valence-electron chi connectivity index (χ3n) is 5.04. The summed E-state index contributed by atoms with van der Waals surface area (Å²) in [6.45, 7) is 3.89. The van der Waals surface area contributed by atoms with Crippen LogP contribution in [0.3, 0.4) is 0 Å². The highest BCUT2D eigenvalue weighted by atomic mass is 32.2. The Morgan fingerprint density at radius 1 is 1.19 bits per heavy atom. The largest absolute Gasteiger partial charge is 0.305 e. The number of fused-ring (bicyclic) bond motifs is 1. The molecule has 0 bridgehead atoms. The molecule has 0 fully saturated rings. The van der Waals surface area contributed by atoms with E-state index in [1.54, 1.807) is 26.0 Å². The molecule has 27 heavy (non-hydrogen) atoms. The first-order valence-corrected chi connectivity index (χ1v) is 10.2. The molecular formula is C20H23FN2O3S. The number of sulfonamides is 1. The number of para-hydroxylation sites is 1. The average molecular weight is 390 g/mol. The summed E-state index contributed by atoms with van der Waals surface area (Å²) in [6.07, 6.45) is 1.44. The molecule has 1 aliphatic rings. The maximum atomic E-state index is 14.4. The van der Waals surface area contributed by atoms with Gasteiger partial charge in [-0.3, -0.25) is 4.79 Å². The van der Waals surface area contributed by atoms with Crippen LogP contribution in [0.4, 0.5) is 10.1 Å². The number of amides is 1. The van der Waals surface area contributed by atoms with E-state index in [0.717, 1.165) is 16.3 Å². The van der Waals surface area contributed by atoms with Crippen molar-refractivity contribution in [1.82, 2.24) is 4.31 Å². The van der Waals surface area contributed by atoms with Crippen molar-refractivity contribution in [2.45, 2.75) is 31.6 Å². The summed E-state index contributed by atoms with van der Waals surface area (Å²) in [4.78, 5) is 14.7. The monoisotopic (exact) mass is 390 g/mol. The van der Waals surface area contributed by atoms with E-state index in [4.69, 9.17) is 0 Å². The first kappa shape index (κ1) is 19.5. The Kier molecular flexibility index (Phi) is 5.10. The molecule has 1 aliphatic heterocycles. The highest BCUT2D eigenvalue weighted by molar-refractivity contribution is 7.89. The molecule has 7 heteroatoms. The predicted octanol–water partition coefficient (Wildman–Crippen LogP) is 3.29. The van der Waals surface area contributed by atoms with E-state index in [1.807, 2.05) is 6.07 Å². The molecule has 0 spiro atoms. The van der Waals surface area contributed by atoms with Crippen LogP contribution in [0.15, 0.2) is 35.2 Å². The first-order chi connectivity index (χ1) is 12.6. The minimum absolute atomic E-state index is 0.0987. The van der Waals surface area contributed by atoms with E-state index in [-0.39, 0.29) is 16.4 Å². The summed E-state index contributed by atoms with van der Waals surface area (Å²) in [7, 11) is -0.791. The molecule has 0 saturated carbocycles. The van der Waals surface area contributed by atoms with Crippen molar-refractivity contribution >= 4 is 21.6 Å². The molecule has 1 amide bonds. The number of benzene rings is 2. The van der Waals surface area contributed by atoms with Crippen LogP contribution >= 0.6 is 0 Å². The number of rotatable bonds is 3. The predicted molar refractivity (Wildman–Crippen MR) is 103 cm³/mol. The van der Waals surface area contributed by atoms with Crippen molar-refractivity contribution in [3.05, 3.63) is 58.4 Å². The van der Waals surface area contributed by atoms with Crippen LogP contribution in [0.2, 0.25) is 0 Å². The number of hydrogen-bond donors (Lipinski definition) is 0. The number of hydrogen-bond acceptors (Lipinski definition) is 3. The number of anilines is 1. The second kappa shape index (κ2) is 7.05. The van der Waals surface area contributed by atoms with Crippen molar-refractivity contribution in [2.75, 3.05) is 25.5 Å². The number of carbonyl (C=O) groups is 1. The summed E-state index contributed by atoms with van der Waals surface area (Å²) in [6, 6.07) is 7.86. The third kappa shape index (κ3) is 3.37. The van der Waals surface area contributed by atoms with Gasteiger partial charge in [-0.15, -0.1) is 0 Å². The van der Waals surface area contributed by atoms with Crippen LogP contribution in [0.25, 0.3) is 0 Å². The summed E-state index contributed by atoms with van der Waals surface area (Å²) in [5, 5.41) is 0. The van der Waals surface area contributed by atoms with Gasteiger partial charge in [0.25, 0.3) is 5.91 Å². The molecule has 2 aromatic carbocycles. The van der Waals surface area contributed by atoms with Crippen molar-refractivity contribution in [1.29, 1.82) is 0 Å². The maximum absolute atomic E-state index is 14.4. The van der Waals surface area contributed by atoms with Gasteiger partial charge in [-0.05, 0) is 61.6 Å². The molecule has 2 aromatic rings. The fourth-order valence-electron chi connectivity index (χ4n) is 3.38. The molecule has 3 rings (SSSR count). The summed E-state index contributed by atoms with van der Waals surface area (Å²) >= 11 is 0. The molecule has 0 atom stereocenters. The van der Waals surface area contributed by atoms with Gasteiger partial charge in [0.2, 0.25) is 10.0 Å². The van der Waals surface area contributed by atoms with E-state index >= 15 is 0 Å². The van der Waals surface area contributed by atoms with Crippen molar-refractivity contribution in [2.24, 2.45) is 0 Å². The van der Waals surface area contributed by atoms with E-state index < -0.39 is 15.8 Å². The van der Waals surface area contributed by atoms with Gasteiger partial charge in [0.05, 0.1) is 10.6 Å². The average Bonchev–Trinajstić information content (AvgIpc) is 2.62. The van der Waals surface area contributed by atoms with Crippen LogP contribution in [0.1, 0.15) is 33.5 Å². The van der Waals surface area contributed by atoms with Crippen LogP contribution in [-0.4, -0.2) is 39.3 Å². The number of nitrogens with zero attached hydrogens (tertiary/aromatic N) is 2. The standard InChI is InChI=1S/C20H23FN2O3S/c1-13-11-16(12-18(14(13)2)27(25,26)22(3)4)20(24)23-10-6-8-15-7-5-9-17(21)19(15)23/h5,7,9,11-12H,6,8,10H2,1-4H3. The molecule has 0 saturated heterocycles. The molecule has 0 unspecified atom stereocenters. The first-order valence-electron chi connectivity index (χ1n) is 8.77. The maximum Gasteiger partial charge on any atom is 0.258 e. The van der Waals surface area contributed by atoms with Gasteiger partial charge in [0.1, 0.15) is 5.82 Å². The minimum Gasteiger partial charge on any atom is -0.305 e. The number of aryl methyl sites for hydroxylation is 2. The van der Waals surface area contributed by atoms with Crippen LogP contribution in [-0.2, 0) is 16.4 Å². The fraction of sp³-hybridized carbons (Fsp3) is 0.350. The lowest BCUT2D eigenvalue weighted by Gasteiger charge is -2.30. The van der Waals surface area contributed by atoms with Crippen LogP contribution < -0.4 is 4.90 Å². The van der Waals surface area contributed by atoms with Gasteiger partial charge in [0, 0.05) is 26.2 Å². The Balaban J connectivity index is 2.12. The van der Waals surface area contributed by atoms with Gasteiger partial charge in [0.15, 0.2) is 0 Å². The van der Waals surface area contributed by atoms with E-state index in [2.05, 4.69) is 0 Å². The third-order valence-corrected chi connectivity index (χ3v) is 6.98. The Hall–Kier alpha value is -2.25. The lowest BCUT2D eigenvalue weighted by atomic mass is 9.99. The van der Waals surface area contributed by atoms with Crippen LogP contribution in [0, 0.1) is 19.7 Å². The Morgan fingerprint density at radius 3 is 2.56 bits per heavy atom. The molecule has 0 N–H and O–H groups in total. The lowest BCUT2D eigenvalue weighted by Crippen LogP contribution is -2.36. The van der Waals surface area contributed by atoms with Crippen molar-refractivity contribution in [3.63, 3.8) is 0 Å². The molecule has 0 aromatic heterocycles.